The first kappa shape index (κ1) is 19.9. The molecule has 0 unspecified atom stereocenters. The summed E-state index contributed by atoms with van der Waals surface area (Å²) in [6.07, 6.45) is 0.409. The van der Waals surface area contributed by atoms with E-state index in [-0.39, 0.29) is 6.42 Å². The molecule has 2 aromatic rings. The quantitative estimate of drug-likeness (QED) is 0.463. The number of thiocarbonyl (C=S) groups is 1. The van der Waals surface area contributed by atoms with Crippen LogP contribution in [-0.2, 0) is 28.9 Å². The number of hydrogen-bond acceptors (Lipinski definition) is 4. The van der Waals surface area contributed by atoms with E-state index in [1.165, 1.54) is 0 Å². The Morgan fingerprint density at radius 2 is 1.69 bits per heavy atom. The molecule has 6 heteroatoms. The molecule has 1 atom stereocenters. The van der Waals surface area contributed by atoms with Crippen molar-refractivity contribution >= 4 is 23.4 Å². The number of carboxylic acids is 1. The minimum Gasteiger partial charge on any atom is -0.479 e. The fourth-order valence-corrected chi connectivity index (χ4v) is 2.57. The van der Waals surface area contributed by atoms with Crippen molar-refractivity contribution in [3.8, 4) is 0 Å². The van der Waals surface area contributed by atoms with E-state index < -0.39 is 12.1 Å². The number of aliphatic hydroxyl groups is 1. The monoisotopic (exact) mass is 373 g/mol. The highest BCUT2D eigenvalue weighted by Crippen LogP contribution is 2.09. The fourth-order valence-electron chi connectivity index (χ4n) is 2.41. The Labute approximate surface area is 158 Å². The van der Waals surface area contributed by atoms with E-state index in [9.17, 15) is 9.90 Å². The number of carbonyl (C=O) groups is 1. The maximum Gasteiger partial charge on any atom is 0.332 e. The third kappa shape index (κ3) is 7.21. The molecule has 0 aliphatic heterocycles. The lowest BCUT2D eigenvalue weighted by molar-refractivity contribution is -0.146. The van der Waals surface area contributed by atoms with Crippen molar-refractivity contribution in [1.29, 1.82) is 0 Å². The molecular formula is C20H23NO4S. The molecule has 2 aromatic carbocycles. The van der Waals surface area contributed by atoms with Gasteiger partial charge in [-0.2, -0.15) is 0 Å². The van der Waals surface area contributed by atoms with Crippen LogP contribution in [0.15, 0.2) is 54.6 Å². The van der Waals surface area contributed by atoms with E-state index in [2.05, 4.69) is 5.32 Å². The number of aliphatic hydroxyl groups excluding tert-OH is 1. The molecule has 0 spiro atoms. The van der Waals surface area contributed by atoms with Gasteiger partial charge in [-0.25, -0.2) is 4.79 Å². The molecule has 0 aliphatic rings. The molecule has 0 bridgehead atoms. The lowest BCUT2D eigenvalue weighted by Gasteiger charge is -2.10. The summed E-state index contributed by atoms with van der Waals surface area (Å²) in [5.74, 6) is -1.21. The van der Waals surface area contributed by atoms with Gasteiger partial charge in [0.15, 0.2) is 6.10 Å². The summed E-state index contributed by atoms with van der Waals surface area (Å²) < 4.78 is 5.51. The van der Waals surface area contributed by atoms with Gasteiger partial charge >= 0.3 is 5.97 Å². The van der Waals surface area contributed by atoms with Gasteiger partial charge in [-0.3, -0.25) is 0 Å². The number of aliphatic carboxylic acids is 1. The molecule has 0 amide bonds. The first-order chi connectivity index (χ1) is 12.5. The van der Waals surface area contributed by atoms with Crippen molar-refractivity contribution in [2.24, 2.45) is 0 Å². The number of carboxylic acid groups (broad SMARTS) is 1. The van der Waals surface area contributed by atoms with Crippen LogP contribution in [0.2, 0.25) is 0 Å². The van der Waals surface area contributed by atoms with Gasteiger partial charge in [-0.15, -0.1) is 0 Å². The summed E-state index contributed by atoms with van der Waals surface area (Å²) in [6, 6.07) is 17.5. The van der Waals surface area contributed by atoms with Gasteiger partial charge in [0, 0.05) is 13.0 Å². The summed E-state index contributed by atoms with van der Waals surface area (Å²) in [5.41, 5.74) is 3.07. The molecule has 0 saturated carbocycles. The standard InChI is InChI=1S/C20H23NO4S/c22-18(19(23)24)13-16-10-8-15(9-11-16)7-4-12-25-20(26)21-14-17-5-2-1-3-6-17/h1-3,5-6,8-11,18,22H,4,7,12-14H2,(H,21,26)(H,23,24)/t18-/m0/s1. The van der Waals surface area contributed by atoms with Crippen LogP contribution < -0.4 is 5.32 Å². The van der Waals surface area contributed by atoms with Gasteiger partial charge in [0.1, 0.15) is 0 Å². The van der Waals surface area contributed by atoms with Crippen LogP contribution in [-0.4, -0.2) is 34.1 Å². The second kappa shape index (κ2) is 10.5. The van der Waals surface area contributed by atoms with Gasteiger partial charge in [-0.05, 0) is 41.7 Å². The van der Waals surface area contributed by atoms with Crippen LogP contribution >= 0.6 is 12.2 Å². The number of benzene rings is 2. The molecule has 0 saturated heterocycles. The van der Waals surface area contributed by atoms with Crippen molar-refractivity contribution < 1.29 is 19.7 Å². The first-order valence-corrected chi connectivity index (χ1v) is 8.88. The zero-order chi connectivity index (χ0) is 18.8. The summed E-state index contributed by atoms with van der Waals surface area (Å²) in [7, 11) is 0. The van der Waals surface area contributed by atoms with Crippen LogP contribution in [0.5, 0.6) is 0 Å². The molecule has 138 valence electrons. The van der Waals surface area contributed by atoms with Crippen molar-refractivity contribution in [2.75, 3.05) is 6.61 Å². The highest BCUT2D eigenvalue weighted by atomic mass is 32.1. The minimum absolute atomic E-state index is 0.111. The highest BCUT2D eigenvalue weighted by molar-refractivity contribution is 7.80. The topological polar surface area (TPSA) is 78.8 Å². The second-order valence-corrected chi connectivity index (χ2v) is 6.32. The van der Waals surface area contributed by atoms with Gasteiger partial charge in [0.25, 0.3) is 5.17 Å². The second-order valence-electron chi connectivity index (χ2n) is 5.95. The molecule has 0 fully saturated rings. The van der Waals surface area contributed by atoms with Crippen molar-refractivity contribution in [3.05, 3.63) is 71.3 Å². The van der Waals surface area contributed by atoms with Crippen LogP contribution in [0.4, 0.5) is 0 Å². The molecule has 0 radical (unpaired) electrons. The average Bonchev–Trinajstić information content (AvgIpc) is 2.65. The smallest absolute Gasteiger partial charge is 0.332 e. The Balaban J connectivity index is 1.63. The van der Waals surface area contributed by atoms with Crippen molar-refractivity contribution in [1.82, 2.24) is 5.32 Å². The molecule has 0 heterocycles. The van der Waals surface area contributed by atoms with Gasteiger partial charge in [-0.1, -0.05) is 54.6 Å². The van der Waals surface area contributed by atoms with Crippen LogP contribution in [0.25, 0.3) is 0 Å². The molecule has 26 heavy (non-hydrogen) atoms. The summed E-state index contributed by atoms with van der Waals surface area (Å²) in [6.45, 7) is 1.17. The molecule has 2 rings (SSSR count). The van der Waals surface area contributed by atoms with E-state index in [4.69, 9.17) is 22.1 Å². The molecule has 5 nitrogen and oxygen atoms in total. The minimum atomic E-state index is -1.36. The fraction of sp³-hybridized carbons (Fsp3) is 0.300. The Morgan fingerprint density at radius 3 is 2.35 bits per heavy atom. The van der Waals surface area contributed by atoms with E-state index in [1.807, 2.05) is 54.6 Å². The molecule has 0 aliphatic carbocycles. The number of hydrogen-bond donors (Lipinski definition) is 3. The number of ether oxygens (including phenoxy) is 1. The Bertz CT molecular complexity index is 704. The predicted octanol–water partition coefficient (Wildman–Crippen LogP) is 2.70. The Hall–Kier alpha value is -2.44. The third-order valence-electron chi connectivity index (χ3n) is 3.86. The van der Waals surface area contributed by atoms with E-state index in [0.29, 0.717) is 18.3 Å². The van der Waals surface area contributed by atoms with Crippen LogP contribution in [0.3, 0.4) is 0 Å². The predicted molar refractivity (Wildman–Crippen MR) is 104 cm³/mol. The normalized spacial score (nSPS) is 11.6. The van der Waals surface area contributed by atoms with Crippen molar-refractivity contribution in [3.63, 3.8) is 0 Å². The maximum absolute atomic E-state index is 10.6. The summed E-state index contributed by atoms with van der Waals surface area (Å²) in [4.78, 5) is 10.6. The average molecular weight is 373 g/mol. The van der Waals surface area contributed by atoms with Gasteiger partial charge < -0.3 is 20.3 Å². The zero-order valence-corrected chi connectivity index (χ0v) is 15.2. The number of rotatable bonds is 9. The lowest BCUT2D eigenvalue weighted by Crippen LogP contribution is -2.23. The third-order valence-corrected chi connectivity index (χ3v) is 4.12. The zero-order valence-electron chi connectivity index (χ0n) is 14.4. The van der Waals surface area contributed by atoms with Crippen molar-refractivity contribution in [2.45, 2.75) is 31.9 Å². The number of nitrogens with one attached hydrogen (secondary N) is 1. The molecule has 0 aromatic heterocycles. The Morgan fingerprint density at radius 1 is 1.04 bits per heavy atom. The molecular weight excluding hydrogens is 350 g/mol. The molecule has 3 N–H and O–H groups in total. The SMILES string of the molecule is O=C(O)[C@@H](O)Cc1ccc(CCCOC(=S)NCc2ccccc2)cc1. The van der Waals surface area contributed by atoms with E-state index in [0.717, 1.165) is 29.5 Å². The van der Waals surface area contributed by atoms with Crippen LogP contribution in [0, 0.1) is 0 Å². The first-order valence-electron chi connectivity index (χ1n) is 8.48. The van der Waals surface area contributed by atoms with E-state index in [1.54, 1.807) is 0 Å². The van der Waals surface area contributed by atoms with Gasteiger partial charge in [0.2, 0.25) is 0 Å². The van der Waals surface area contributed by atoms with Crippen LogP contribution in [0.1, 0.15) is 23.1 Å². The Kier molecular flexibility index (Phi) is 8.05. The highest BCUT2D eigenvalue weighted by Gasteiger charge is 2.13. The largest absolute Gasteiger partial charge is 0.479 e. The van der Waals surface area contributed by atoms with E-state index >= 15 is 0 Å². The lowest BCUT2D eigenvalue weighted by atomic mass is 10.0. The summed E-state index contributed by atoms with van der Waals surface area (Å²) >= 11 is 5.16. The maximum atomic E-state index is 10.6. The summed E-state index contributed by atoms with van der Waals surface area (Å²) in [5, 5.41) is 21.5. The van der Waals surface area contributed by atoms with Gasteiger partial charge in [0.05, 0.1) is 6.61 Å². The number of aryl methyl sites for hydroxylation is 1.